The van der Waals surface area contributed by atoms with E-state index in [-0.39, 0.29) is 12.5 Å². The number of benzene rings is 1. The van der Waals surface area contributed by atoms with Gasteiger partial charge in [0.15, 0.2) is 0 Å². The van der Waals surface area contributed by atoms with E-state index in [9.17, 15) is 14.7 Å². The summed E-state index contributed by atoms with van der Waals surface area (Å²) in [6.07, 6.45) is 0.772. The van der Waals surface area contributed by atoms with Crippen LogP contribution < -0.4 is 10.6 Å². The molecule has 2 amide bonds. The highest BCUT2D eigenvalue weighted by molar-refractivity contribution is 6.41. The molecule has 3 N–H and O–H groups in total. The summed E-state index contributed by atoms with van der Waals surface area (Å²) in [5.74, 6) is -1.62. The summed E-state index contributed by atoms with van der Waals surface area (Å²) >= 11 is 6.00. The van der Waals surface area contributed by atoms with Crippen LogP contribution in [-0.2, 0) is 9.59 Å². The van der Waals surface area contributed by atoms with Crippen molar-refractivity contribution in [3.63, 3.8) is 0 Å². The number of halogens is 1. The zero-order chi connectivity index (χ0) is 16.9. The molecular weight excluding hydrogens is 304 g/mol. The quantitative estimate of drug-likeness (QED) is 0.727. The minimum atomic E-state index is -1.06. The molecule has 0 aliphatic rings. The van der Waals surface area contributed by atoms with Gasteiger partial charge in [0.2, 0.25) is 0 Å². The van der Waals surface area contributed by atoms with Gasteiger partial charge in [-0.1, -0.05) is 37.9 Å². The summed E-state index contributed by atoms with van der Waals surface area (Å²) in [5.41, 5.74) is 0.268. The van der Waals surface area contributed by atoms with E-state index in [0.717, 1.165) is 12.0 Å². The van der Waals surface area contributed by atoms with Crippen LogP contribution in [0.4, 0.5) is 5.69 Å². The molecular formula is C16H23ClN2O3. The molecule has 22 heavy (non-hydrogen) atoms. The highest BCUT2D eigenvalue weighted by Gasteiger charge is 2.28. The topological polar surface area (TPSA) is 78.4 Å². The zero-order valence-electron chi connectivity index (χ0n) is 13.4. The van der Waals surface area contributed by atoms with Crippen molar-refractivity contribution in [2.45, 2.75) is 39.7 Å². The Balaban J connectivity index is 2.61. The van der Waals surface area contributed by atoms with E-state index < -0.39 is 17.4 Å². The second-order valence-electron chi connectivity index (χ2n) is 5.79. The van der Waals surface area contributed by atoms with Gasteiger partial charge in [0, 0.05) is 6.54 Å². The number of anilines is 1. The van der Waals surface area contributed by atoms with Gasteiger partial charge in [-0.15, -0.1) is 0 Å². The fourth-order valence-corrected chi connectivity index (χ4v) is 2.14. The first-order valence-corrected chi connectivity index (χ1v) is 7.63. The molecule has 0 saturated carbocycles. The fraction of sp³-hybridized carbons (Fsp3) is 0.500. The number of carbonyl (C=O) groups is 2. The molecule has 0 fully saturated rings. The molecule has 0 aliphatic carbocycles. The number of hydrogen-bond acceptors (Lipinski definition) is 3. The van der Waals surface area contributed by atoms with E-state index >= 15 is 0 Å². The van der Waals surface area contributed by atoms with Crippen molar-refractivity contribution < 1.29 is 14.7 Å². The Bertz CT molecular complexity index is 558. The zero-order valence-corrected chi connectivity index (χ0v) is 14.1. The minimum Gasteiger partial charge on any atom is -0.388 e. The van der Waals surface area contributed by atoms with Gasteiger partial charge >= 0.3 is 11.8 Å². The first-order chi connectivity index (χ1) is 10.2. The molecule has 0 spiro atoms. The Kier molecular flexibility index (Phi) is 6.38. The lowest BCUT2D eigenvalue weighted by molar-refractivity contribution is -0.137. The lowest BCUT2D eigenvalue weighted by atomic mass is 9.89. The molecule has 0 heterocycles. The summed E-state index contributed by atoms with van der Waals surface area (Å²) in [4.78, 5) is 23.6. The SMILES string of the molecule is CC[C@@H](C)[C@@](C)(O)CNC(=O)C(=O)Nc1ccc(C)cc1Cl. The summed E-state index contributed by atoms with van der Waals surface area (Å²) in [6, 6.07) is 5.12. The Morgan fingerprint density at radius 3 is 2.55 bits per heavy atom. The normalized spacial score (nSPS) is 14.8. The van der Waals surface area contributed by atoms with Crippen LogP contribution in [0.1, 0.15) is 32.8 Å². The maximum Gasteiger partial charge on any atom is 0.313 e. The minimum absolute atomic E-state index is 0.00223. The molecule has 2 atom stereocenters. The first-order valence-electron chi connectivity index (χ1n) is 7.25. The predicted molar refractivity (Wildman–Crippen MR) is 87.9 cm³/mol. The second kappa shape index (κ2) is 7.61. The van der Waals surface area contributed by atoms with E-state index in [0.29, 0.717) is 10.7 Å². The van der Waals surface area contributed by atoms with Gasteiger partial charge in [-0.3, -0.25) is 9.59 Å². The van der Waals surface area contributed by atoms with Gasteiger partial charge in [-0.05, 0) is 37.5 Å². The molecule has 122 valence electrons. The Labute approximate surface area is 136 Å². The molecule has 5 nitrogen and oxygen atoms in total. The lowest BCUT2D eigenvalue weighted by Crippen LogP contribution is -2.47. The largest absolute Gasteiger partial charge is 0.388 e. The summed E-state index contributed by atoms with van der Waals surface area (Å²) < 4.78 is 0. The summed E-state index contributed by atoms with van der Waals surface area (Å²) in [6.45, 7) is 7.36. The van der Waals surface area contributed by atoms with Crippen molar-refractivity contribution in [1.82, 2.24) is 5.32 Å². The second-order valence-corrected chi connectivity index (χ2v) is 6.19. The van der Waals surface area contributed by atoms with Crippen molar-refractivity contribution in [2.75, 3.05) is 11.9 Å². The Morgan fingerprint density at radius 2 is 2.00 bits per heavy atom. The van der Waals surface area contributed by atoms with Crippen LogP contribution in [0.5, 0.6) is 0 Å². The lowest BCUT2D eigenvalue weighted by Gasteiger charge is -2.29. The van der Waals surface area contributed by atoms with Crippen LogP contribution in [0.3, 0.4) is 0 Å². The van der Waals surface area contributed by atoms with Crippen LogP contribution in [0.25, 0.3) is 0 Å². The van der Waals surface area contributed by atoms with Crippen molar-refractivity contribution in [3.8, 4) is 0 Å². The monoisotopic (exact) mass is 326 g/mol. The molecule has 1 rings (SSSR count). The molecule has 0 bridgehead atoms. The standard InChI is InChI=1S/C16H23ClN2O3/c1-5-11(3)16(4,22)9-18-14(20)15(21)19-13-7-6-10(2)8-12(13)17/h6-8,11,22H,5,9H2,1-4H3,(H,18,20)(H,19,21)/t11-,16+/m1/s1. The van der Waals surface area contributed by atoms with Crippen LogP contribution in [0.2, 0.25) is 5.02 Å². The van der Waals surface area contributed by atoms with Gasteiger partial charge in [-0.25, -0.2) is 0 Å². The molecule has 6 heteroatoms. The summed E-state index contributed by atoms with van der Waals surface area (Å²) in [7, 11) is 0. The van der Waals surface area contributed by atoms with E-state index in [1.165, 1.54) is 0 Å². The van der Waals surface area contributed by atoms with Crippen LogP contribution >= 0.6 is 11.6 Å². The van der Waals surface area contributed by atoms with E-state index in [2.05, 4.69) is 10.6 Å². The van der Waals surface area contributed by atoms with Gasteiger partial charge < -0.3 is 15.7 Å². The molecule has 1 aromatic rings. The van der Waals surface area contributed by atoms with Crippen LogP contribution in [-0.4, -0.2) is 29.1 Å². The van der Waals surface area contributed by atoms with E-state index in [1.807, 2.05) is 20.8 Å². The maximum absolute atomic E-state index is 11.8. The van der Waals surface area contributed by atoms with Gasteiger partial charge in [0.1, 0.15) is 0 Å². The first kappa shape index (κ1) is 18.5. The average Bonchev–Trinajstić information content (AvgIpc) is 2.46. The third-order valence-electron chi connectivity index (χ3n) is 3.86. The molecule has 0 unspecified atom stereocenters. The smallest absolute Gasteiger partial charge is 0.313 e. The molecule has 0 radical (unpaired) electrons. The number of nitrogens with one attached hydrogen (secondary N) is 2. The number of carbonyl (C=O) groups excluding carboxylic acids is 2. The number of hydrogen-bond donors (Lipinski definition) is 3. The molecule has 0 saturated heterocycles. The van der Waals surface area contributed by atoms with Gasteiger partial charge in [0.05, 0.1) is 16.3 Å². The fourth-order valence-electron chi connectivity index (χ4n) is 1.85. The van der Waals surface area contributed by atoms with Crippen molar-refractivity contribution in [1.29, 1.82) is 0 Å². The van der Waals surface area contributed by atoms with E-state index in [4.69, 9.17) is 11.6 Å². The van der Waals surface area contributed by atoms with Gasteiger partial charge in [-0.2, -0.15) is 0 Å². The van der Waals surface area contributed by atoms with Crippen LogP contribution in [0, 0.1) is 12.8 Å². The highest BCUT2D eigenvalue weighted by Crippen LogP contribution is 2.22. The van der Waals surface area contributed by atoms with Crippen LogP contribution in [0.15, 0.2) is 18.2 Å². The number of amides is 2. The van der Waals surface area contributed by atoms with E-state index in [1.54, 1.807) is 25.1 Å². The predicted octanol–water partition coefficient (Wildman–Crippen LogP) is 2.50. The molecule has 0 aromatic heterocycles. The number of aryl methyl sites for hydroxylation is 1. The van der Waals surface area contributed by atoms with Gasteiger partial charge in [0.25, 0.3) is 0 Å². The number of rotatable bonds is 5. The summed E-state index contributed by atoms with van der Waals surface area (Å²) in [5, 5.41) is 15.5. The number of aliphatic hydroxyl groups is 1. The van der Waals surface area contributed by atoms with Crippen molar-refractivity contribution in [2.24, 2.45) is 5.92 Å². The third-order valence-corrected chi connectivity index (χ3v) is 4.17. The Morgan fingerprint density at radius 1 is 1.36 bits per heavy atom. The molecule has 0 aliphatic heterocycles. The third kappa shape index (κ3) is 5.00. The highest BCUT2D eigenvalue weighted by atomic mass is 35.5. The maximum atomic E-state index is 11.8. The van der Waals surface area contributed by atoms with Crippen molar-refractivity contribution >= 4 is 29.1 Å². The molecule has 1 aromatic carbocycles. The average molecular weight is 327 g/mol. The van der Waals surface area contributed by atoms with Crippen molar-refractivity contribution in [3.05, 3.63) is 28.8 Å². The Hall–Kier alpha value is -1.59.